The maximum atomic E-state index is 13.6. The zero-order valence-corrected chi connectivity index (χ0v) is 20.4. The predicted molar refractivity (Wildman–Crippen MR) is 133 cm³/mol. The van der Waals surface area contributed by atoms with Crippen LogP contribution < -0.4 is 5.32 Å². The number of pyridine rings is 1. The standard InChI is InChI=1S/C26H26N4O4S/c1-3-14-29-22(31)15-30-21-7-5-4-6-19(21)20-12-13-27-23(24(20)30)25(29)26(32)28-16-35(33,34)18-10-8-17(2)9-11-18/h4-13,25H,3,14-16H2,1-2H3,(H,28,32). The van der Waals surface area contributed by atoms with Crippen LogP contribution in [0.2, 0.25) is 0 Å². The summed E-state index contributed by atoms with van der Waals surface area (Å²) in [5.74, 6) is -1.35. The van der Waals surface area contributed by atoms with Gasteiger partial charge in [-0.25, -0.2) is 8.42 Å². The largest absolute Gasteiger partial charge is 0.340 e. The number of hydrogen-bond acceptors (Lipinski definition) is 5. The summed E-state index contributed by atoms with van der Waals surface area (Å²) < 4.78 is 27.6. The summed E-state index contributed by atoms with van der Waals surface area (Å²) in [6, 6.07) is 15.1. The topological polar surface area (TPSA) is 101 Å². The van der Waals surface area contributed by atoms with Crippen LogP contribution in [0.1, 0.15) is 30.6 Å². The third kappa shape index (κ3) is 3.95. The molecule has 35 heavy (non-hydrogen) atoms. The maximum absolute atomic E-state index is 13.6. The molecule has 4 aromatic rings. The fraction of sp³-hybridized carbons (Fsp3) is 0.269. The van der Waals surface area contributed by atoms with Crippen LogP contribution in [0.15, 0.2) is 65.7 Å². The summed E-state index contributed by atoms with van der Waals surface area (Å²) in [7, 11) is -3.76. The molecule has 1 atom stereocenters. The van der Waals surface area contributed by atoms with Crippen molar-refractivity contribution in [3.8, 4) is 0 Å². The van der Waals surface area contributed by atoms with Gasteiger partial charge in [0.05, 0.1) is 16.1 Å². The Labute approximate surface area is 203 Å². The second kappa shape index (κ2) is 8.81. The smallest absolute Gasteiger partial charge is 0.249 e. The molecule has 0 spiro atoms. The van der Waals surface area contributed by atoms with Gasteiger partial charge in [-0.15, -0.1) is 0 Å². The van der Waals surface area contributed by atoms with E-state index in [1.54, 1.807) is 18.3 Å². The number of nitrogens with one attached hydrogen (secondary N) is 1. The summed E-state index contributed by atoms with van der Waals surface area (Å²) in [5.41, 5.74) is 3.00. The third-order valence-electron chi connectivity index (χ3n) is 6.42. The van der Waals surface area contributed by atoms with Crippen LogP contribution >= 0.6 is 0 Å². The van der Waals surface area contributed by atoms with Gasteiger partial charge in [0.25, 0.3) is 0 Å². The lowest BCUT2D eigenvalue weighted by molar-refractivity contribution is -0.140. The Balaban J connectivity index is 1.57. The molecule has 0 radical (unpaired) electrons. The molecular formula is C26H26N4O4S. The number of para-hydroxylation sites is 1. The highest BCUT2D eigenvalue weighted by Crippen LogP contribution is 2.36. The molecule has 2 amide bonds. The van der Waals surface area contributed by atoms with Gasteiger partial charge in [0, 0.05) is 29.0 Å². The van der Waals surface area contributed by atoms with E-state index in [-0.39, 0.29) is 17.3 Å². The van der Waals surface area contributed by atoms with E-state index in [1.807, 2.05) is 48.7 Å². The van der Waals surface area contributed by atoms with E-state index in [0.29, 0.717) is 18.7 Å². The molecule has 2 aromatic heterocycles. The monoisotopic (exact) mass is 490 g/mol. The van der Waals surface area contributed by atoms with Crippen LogP contribution in [-0.4, -0.2) is 47.1 Å². The van der Waals surface area contributed by atoms with Crippen LogP contribution in [0.25, 0.3) is 21.8 Å². The molecule has 8 nitrogen and oxygen atoms in total. The molecule has 0 aliphatic carbocycles. The molecule has 0 bridgehead atoms. The van der Waals surface area contributed by atoms with Gasteiger partial charge in [0.2, 0.25) is 11.8 Å². The average molecular weight is 491 g/mol. The predicted octanol–water partition coefficient (Wildman–Crippen LogP) is 3.34. The Morgan fingerprint density at radius 1 is 1.09 bits per heavy atom. The van der Waals surface area contributed by atoms with E-state index in [2.05, 4.69) is 10.3 Å². The number of aromatic nitrogens is 2. The van der Waals surface area contributed by atoms with E-state index >= 15 is 0 Å². The van der Waals surface area contributed by atoms with Crippen molar-refractivity contribution in [3.05, 3.63) is 72.1 Å². The van der Waals surface area contributed by atoms with Crippen molar-refractivity contribution in [2.24, 2.45) is 0 Å². The number of fused-ring (bicyclic) bond motifs is 3. The van der Waals surface area contributed by atoms with Crippen LogP contribution in [0.3, 0.4) is 0 Å². The number of carbonyl (C=O) groups is 2. The number of amides is 2. The molecule has 1 unspecified atom stereocenters. The Morgan fingerprint density at radius 3 is 2.57 bits per heavy atom. The molecular weight excluding hydrogens is 464 g/mol. The molecule has 9 heteroatoms. The fourth-order valence-corrected chi connectivity index (χ4v) is 5.81. The van der Waals surface area contributed by atoms with Gasteiger partial charge in [-0.05, 0) is 37.6 Å². The van der Waals surface area contributed by atoms with E-state index in [1.165, 1.54) is 17.0 Å². The number of hydrogen-bond donors (Lipinski definition) is 1. The summed E-state index contributed by atoms with van der Waals surface area (Å²) in [4.78, 5) is 33.2. The number of rotatable bonds is 6. The Hall–Kier alpha value is -3.72. The highest BCUT2D eigenvalue weighted by Gasteiger charge is 2.38. The normalized spacial score (nSPS) is 16.0. The van der Waals surface area contributed by atoms with Crippen LogP contribution in [0, 0.1) is 6.92 Å². The van der Waals surface area contributed by atoms with E-state index in [0.717, 1.165) is 27.4 Å². The Kier molecular flexibility index (Phi) is 5.80. The molecule has 1 N–H and O–H groups in total. The minimum Gasteiger partial charge on any atom is -0.340 e. The number of nitrogens with zero attached hydrogens (tertiary/aromatic N) is 3. The minimum atomic E-state index is -3.76. The molecule has 2 aromatic carbocycles. The van der Waals surface area contributed by atoms with E-state index in [9.17, 15) is 18.0 Å². The first-order valence-corrected chi connectivity index (χ1v) is 13.2. The SMILES string of the molecule is CCCN1C(=O)Cn2c3ccccc3c3ccnc(c32)C1C(=O)NCS(=O)(=O)c1ccc(C)cc1. The molecule has 0 fully saturated rings. The number of aryl methyl sites for hydroxylation is 1. The summed E-state index contributed by atoms with van der Waals surface area (Å²) in [5, 5.41) is 4.46. The molecule has 3 heterocycles. The zero-order valence-electron chi connectivity index (χ0n) is 19.6. The molecule has 1 aliphatic rings. The van der Waals surface area contributed by atoms with Gasteiger partial charge < -0.3 is 14.8 Å². The molecule has 1 aliphatic heterocycles. The molecule has 0 saturated heterocycles. The van der Waals surface area contributed by atoms with Gasteiger partial charge in [0.15, 0.2) is 15.9 Å². The van der Waals surface area contributed by atoms with Crippen LogP contribution in [-0.2, 0) is 26.0 Å². The quantitative estimate of drug-likeness (QED) is 0.447. The van der Waals surface area contributed by atoms with Crippen molar-refractivity contribution in [2.75, 3.05) is 12.4 Å². The van der Waals surface area contributed by atoms with Gasteiger partial charge in [-0.1, -0.05) is 42.8 Å². The number of carbonyl (C=O) groups excluding carboxylic acids is 2. The minimum absolute atomic E-state index is 0.0775. The first kappa shape index (κ1) is 23.0. The first-order chi connectivity index (χ1) is 16.8. The van der Waals surface area contributed by atoms with Crippen molar-refractivity contribution in [1.82, 2.24) is 19.8 Å². The van der Waals surface area contributed by atoms with Gasteiger partial charge in [-0.2, -0.15) is 0 Å². The summed E-state index contributed by atoms with van der Waals surface area (Å²) in [6.45, 7) is 4.23. The lowest BCUT2D eigenvalue weighted by Gasteiger charge is -2.29. The lowest BCUT2D eigenvalue weighted by Crippen LogP contribution is -2.45. The maximum Gasteiger partial charge on any atom is 0.249 e. The van der Waals surface area contributed by atoms with Gasteiger partial charge in [-0.3, -0.25) is 14.6 Å². The zero-order chi connectivity index (χ0) is 24.7. The molecule has 5 rings (SSSR count). The third-order valence-corrected chi connectivity index (χ3v) is 7.94. The summed E-state index contributed by atoms with van der Waals surface area (Å²) in [6.07, 6.45) is 2.28. The Bertz CT molecular complexity index is 1560. The van der Waals surface area contributed by atoms with Crippen LogP contribution in [0.4, 0.5) is 0 Å². The second-order valence-electron chi connectivity index (χ2n) is 8.80. The number of benzene rings is 2. The average Bonchev–Trinajstić information content (AvgIpc) is 3.10. The Morgan fingerprint density at radius 2 is 1.83 bits per heavy atom. The van der Waals surface area contributed by atoms with Crippen molar-refractivity contribution in [2.45, 2.75) is 37.8 Å². The van der Waals surface area contributed by atoms with Crippen molar-refractivity contribution >= 4 is 43.5 Å². The van der Waals surface area contributed by atoms with Crippen molar-refractivity contribution < 1.29 is 18.0 Å². The van der Waals surface area contributed by atoms with E-state index < -0.39 is 27.7 Å². The van der Waals surface area contributed by atoms with Crippen molar-refractivity contribution in [1.29, 1.82) is 0 Å². The van der Waals surface area contributed by atoms with Crippen LogP contribution in [0.5, 0.6) is 0 Å². The summed E-state index contributed by atoms with van der Waals surface area (Å²) >= 11 is 0. The van der Waals surface area contributed by atoms with E-state index in [4.69, 9.17) is 0 Å². The molecule has 0 saturated carbocycles. The highest BCUT2D eigenvalue weighted by atomic mass is 32.2. The lowest BCUT2D eigenvalue weighted by atomic mass is 10.1. The fourth-order valence-electron chi connectivity index (χ4n) is 4.76. The van der Waals surface area contributed by atoms with Gasteiger partial charge in [0.1, 0.15) is 12.4 Å². The highest BCUT2D eigenvalue weighted by molar-refractivity contribution is 7.91. The number of sulfone groups is 1. The molecule has 180 valence electrons. The van der Waals surface area contributed by atoms with Crippen molar-refractivity contribution in [3.63, 3.8) is 0 Å². The van der Waals surface area contributed by atoms with Gasteiger partial charge >= 0.3 is 0 Å². The second-order valence-corrected chi connectivity index (χ2v) is 10.8. The first-order valence-electron chi connectivity index (χ1n) is 11.5.